The third-order valence-electron chi connectivity index (χ3n) is 2.92. The third kappa shape index (κ3) is 4.05. The van der Waals surface area contributed by atoms with Crippen molar-refractivity contribution in [3.05, 3.63) is 65.2 Å². The van der Waals surface area contributed by atoms with Crippen molar-refractivity contribution in [1.82, 2.24) is 0 Å². The van der Waals surface area contributed by atoms with Gasteiger partial charge in [-0.25, -0.2) is 8.78 Å². The maximum Gasteiger partial charge on any atom is 0.162 e. The van der Waals surface area contributed by atoms with E-state index in [1.165, 1.54) is 23.9 Å². The fourth-order valence-electron chi connectivity index (χ4n) is 1.92. The molecule has 0 fully saturated rings. The molecule has 0 aliphatic heterocycles. The van der Waals surface area contributed by atoms with Crippen LogP contribution in [-0.4, -0.2) is 17.0 Å². The summed E-state index contributed by atoms with van der Waals surface area (Å²) in [5.41, 5.74) is 1.36. The predicted octanol–water partition coefficient (Wildman–Crippen LogP) is 3.97. The van der Waals surface area contributed by atoms with E-state index in [2.05, 4.69) is 0 Å². The van der Waals surface area contributed by atoms with Crippen molar-refractivity contribution < 1.29 is 13.9 Å². The lowest BCUT2D eigenvalue weighted by atomic mass is 10.1. The zero-order chi connectivity index (χ0) is 14.5. The van der Waals surface area contributed by atoms with Crippen molar-refractivity contribution in [2.45, 2.75) is 24.3 Å². The summed E-state index contributed by atoms with van der Waals surface area (Å²) in [6, 6.07) is 12.0. The Labute approximate surface area is 121 Å². The average Bonchev–Trinajstić information content (AvgIpc) is 2.42. The molecule has 106 valence electrons. The molecule has 0 amide bonds. The molecular formula is C16H16F2OS. The molecule has 0 heterocycles. The topological polar surface area (TPSA) is 20.2 Å². The lowest BCUT2D eigenvalue weighted by Gasteiger charge is -2.11. The predicted molar refractivity (Wildman–Crippen MR) is 78.0 cm³/mol. The van der Waals surface area contributed by atoms with Gasteiger partial charge in [-0.2, -0.15) is 0 Å². The van der Waals surface area contributed by atoms with E-state index in [1.54, 1.807) is 0 Å². The standard InChI is InChI=1S/C16H16F2OS/c1-11-4-2-6-14(8-11)20-10-13(19)9-12-5-3-7-15(17)16(12)18/h2-8,13,19H,9-10H2,1H3. The number of aliphatic hydroxyl groups is 1. The van der Waals surface area contributed by atoms with Crippen molar-refractivity contribution >= 4 is 11.8 Å². The fourth-order valence-corrected chi connectivity index (χ4v) is 2.86. The van der Waals surface area contributed by atoms with Crippen LogP contribution in [0.3, 0.4) is 0 Å². The first kappa shape index (κ1) is 15.0. The molecule has 2 aromatic rings. The SMILES string of the molecule is Cc1cccc(SCC(O)Cc2cccc(F)c2F)c1. The number of hydrogen-bond donors (Lipinski definition) is 1. The van der Waals surface area contributed by atoms with Crippen LogP contribution in [0.15, 0.2) is 47.4 Å². The highest BCUT2D eigenvalue weighted by atomic mass is 32.2. The van der Waals surface area contributed by atoms with Gasteiger partial charge in [0.15, 0.2) is 11.6 Å². The molecule has 0 saturated carbocycles. The number of thioether (sulfide) groups is 1. The summed E-state index contributed by atoms with van der Waals surface area (Å²) in [5, 5.41) is 9.94. The monoisotopic (exact) mass is 294 g/mol. The largest absolute Gasteiger partial charge is 0.392 e. The van der Waals surface area contributed by atoms with Crippen LogP contribution in [0.25, 0.3) is 0 Å². The summed E-state index contributed by atoms with van der Waals surface area (Å²) >= 11 is 1.51. The number of halogens is 2. The maximum atomic E-state index is 13.5. The molecular weight excluding hydrogens is 278 g/mol. The van der Waals surface area contributed by atoms with E-state index in [9.17, 15) is 13.9 Å². The lowest BCUT2D eigenvalue weighted by molar-refractivity contribution is 0.198. The van der Waals surface area contributed by atoms with Crippen LogP contribution in [0, 0.1) is 18.6 Å². The van der Waals surface area contributed by atoms with Gasteiger partial charge in [0.05, 0.1) is 6.10 Å². The summed E-state index contributed by atoms with van der Waals surface area (Å²) in [6.45, 7) is 2.00. The van der Waals surface area contributed by atoms with Crippen LogP contribution in [0.2, 0.25) is 0 Å². The van der Waals surface area contributed by atoms with Gasteiger partial charge in [-0.15, -0.1) is 11.8 Å². The van der Waals surface area contributed by atoms with E-state index in [0.717, 1.165) is 16.5 Å². The molecule has 0 bridgehead atoms. The Balaban J connectivity index is 1.92. The first-order valence-electron chi connectivity index (χ1n) is 6.36. The van der Waals surface area contributed by atoms with E-state index in [4.69, 9.17) is 0 Å². The first-order valence-corrected chi connectivity index (χ1v) is 7.35. The summed E-state index contributed by atoms with van der Waals surface area (Å²) < 4.78 is 26.5. The quantitative estimate of drug-likeness (QED) is 0.842. The van der Waals surface area contributed by atoms with Crippen LogP contribution in [-0.2, 0) is 6.42 Å². The van der Waals surface area contributed by atoms with Crippen molar-refractivity contribution in [3.63, 3.8) is 0 Å². The number of aliphatic hydroxyl groups excluding tert-OH is 1. The second-order valence-corrected chi connectivity index (χ2v) is 5.79. The highest BCUT2D eigenvalue weighted by Crippen LogP contribution is 2.21. The van der Waals surface area contributed by atoms with Gasteiger partial charge in [-0.3, -0.25) is 0 Å². The minimum atomic E-state index is -0.874. The number of aryl methyl sites for hydroxylation is 1. The van der Waals surface area contributed by atoms with Gasteiger partial charge in [0.25, 0.3) is 0 Å². The highest BCUT2D eigenvalue weighted by molar-refractivity contribution is 7.99. The molecule has 0 spiro atoms. The molecule has 1 unspecified atom stereocenters. The van der Waals surface area contributed by atoms with Crippen LogP contribution in [0.1, 0.15) is 11.1 Å². The van der Waals surface area contributed by atoms with E-state index in [0.29, 0.717) is 5.75 Å². The minimum absolute atomic E-state index is 0.114. The summed E-state index contributed by atoms with van der Waals surface area (Å²) in [7, 11) is 0. The molecule has 2 rings (SSSR count). The fraction of sp³-hybridized carbons (Fsp3) is 0.250. The Bertz CT molecular complexity index is 586. The summed E-state index contributed by atoms with van der Waals surface area (Å²) in [6.07, 6.45) is -0.598. The van der Waals surface area contributed by atoms with Crippen LogP contribution in [0.5, 0.6) is 0 Å². The molecule has 4 heteroatoms. The maximum absolute atomic E-state index is 13.5. The van der Waals surface area contributed by atoms with E-state index in [1.807, 2.05) is 31.2 Å². The van der Waals surface area contributed by atoms with Gasteiger partial charge in [-0.1, -0.05) is 29.8 Å². The smallest absolute Gasteiger partial charge is 0.162 e. The van der Waals surface area contributed by atoms with Gasteiger partial charge in [0.2, 0.25) is 0 Å². The molecule has 0 aromatic heterocycles. The van der Waals surface area contributed by atoms with Crippen LogP contribution < -0.4 is 0 Å². The lowest BCUT2D eigenvalue weighted by Crippen LogP contribution is -2.14. The Hall–Kier alpha value is -1.39. The molecule has 1 N–H and O–H groups in total. The zero-order valence-electron chi connectivity index (χ0n) is 11.1. The Morgan fingerprint density at radius 3 is 2.65 bits per heavy atom. The number of hydrogen-bond acceptors (Lipinski definition) is 2. The van der Waals surface area contributed by atoms with Crippen LogP contribution in [0.4, 0.5) is 8.78 Å². The van der Waals surface area contributed by atoms with Crippen molar-refractivity contribution in [2.24, 2.45) is 0 Å². The van der Waals surface area contributed by atoms with Gasteiger partial charge in [-0.05, 0) is 30.7 Å². The zero-order valence-corrected chi connectivity index (χ0v) is 12.0. The Morgan fingerprint density at radius 1 is 1.15 bits per heavy atom. The summed E-state index contributed by atoms with van der Waals surface area (Å²) in [4.78, 5) is 1.06. The van der Waals surface area contributed by atoms with Crippen molar-refractivity contribution in [1.29, 1.82) is 0 Å². The molecule has 1 nitrogen and oxygen atoms in total. The normalized spacial score (nSPS) is 12.4. The minimum Gasteiger partial charge on any atom is -0.392 e. The molecule has 20 heavy (non-hydrogen) atoms. The van der Waals surface area contributed by atoms with E-state index in [-0.39, 0.29) is 12.0 Å². The second kappa shape index (κ2) is 6.86. The first-order chi connectivity index (χ1) is 9.56. The van der Waals surface area contributed by atoms with Gasteiger partial charge >= 0.3 is 0 Å². The number of benzene rings is 2. The third-order valence-corrected chi connectivity index (χ3v) is 4.06. The number of rotatable bonds is 5. The molecule has 0 radical (unpaired) electrons. The van der Waals surface area contributed by atoms with Crippen LogP contribution >= 0.6 is 11.8 Å². The van der Waals surface area contributed by atoms with Gasteiger partial charge in [0, 0.05) is 17.1 Å². The van der Waals surface area contributed by atoms with Gasteiger partial charge in [0.1, 0.15) is 0 Å². The highest BCUT2D eigenvalue weighted by Gasteiger charge is 2.12. The molecule has 0 aliphatic carbocycles. The molecule has 2 aromatic carbocycles. The average molecular weight is 294 g/mol. The second-order valence-electron chi connectivity index (χ2n) is 4.70. The van der Waals surface area contributed by atoms with Gasteiger partial charge < -0.3 is 5.11 Å². The van der Waals surface area contributed by atoms with Crippen molar-refractivity contribution in [3.8, 4) is 0 Å². The molecule has 1 atom stereocenters. The Kier molecular flexibility index (Phi) is 5.15. The van der Waals surface area contributed by atoms with E-state index < -0.39 is 17.7 Å². The van der Waals surface area contributed by atoms with Crippen molar-refractivity contribution in [2.75, 3.05) is 5.75 Å². The summed E-state index contributed by atoms with van der Waals surface area (Å²) in [5.74, 6) is -1.30. The Morgan fingerprint density at radius 2 is 1.90 bits per heavy atom. The molecule has 0 saturated heterocycles. The van der Waals surface area contributed by atoms with E-state index >= 15 is 0 Å². The molecule has 0 aliphatic rings.